The molecule has 16 aromatic rings. The van der Waals surface area contributed by atoms with E-state index in [1.807, 2.05) is 0 Å². The van der Waals surface area contributed by atoms with Gasteiger partial charge in [0.25, 0.3) is 6.71 Å². The monoisotopic (exact) mass is 1490 g/mol. The van der Waals surface area contributed by atoms with Crippen LogP contribution >= 0.6 is 0 Å². The maximum atomic E-state index is 2.66. The second kappa shape index (κ2) is 25.4. The molecule has 0 radical (unpaired) electrons. The number of hydrogen-bond donors (Lipinski definition) is 0. The van der Waals surface area contributed by atoms with Crippen molar-refractivity contribution < 1.29 is 0 Å². The highest BCUT2D eigenvalue weighted by Gasteiger charge is 2.47. The number of fused-ring (bicyclic) bond motifs is 12. The minimum Gasteiger partial charge on any atom is -0.311 e. The van der Waals surface area contributed by atoms with Crippen LogP contribution < -0.4 is 26.2 Å². The van der Waals surface area contributed by atoms with Crippen molar-refractivity contribution in [1.29, 1.82) is 0 Å². The molecule has 115 heavy (non-hydrogen) atoms. The van der Waals surface area contributed by atoms with Gasteiger partial charge in [-0.15, -0.1) is 0 Å². The van der Waals surface area contributed by atoms with Gasteiger partial charge in [0.05, 0.1) is 27.8 Å². The fourth-order valence-electron chi connectivity index (χ4n) is 21.2. The molecule has 14 aromatic carbocycles. The van der Waals surface area contributed by atoms with Crippen LogP contribution in [0.1, 0.15) is 169 Å². The van der Waals surface area contributed by atoms with Gasteiger partial charge >= 0.3 is 0 Å². The molecule has 4 aliphatic rings. The molecule has 2 aliphatic carbocycles. The molecule has 0 saturated heterocycles. The van der Waals surface area contributed by atoms with Crippen LogP contribution in [-0.4, -0.2) is 15.8 Å². The Hall–Kier alpha value is -11.7. The first-order chi connectivity index (χ1) is 54.8. The van der Waals surface area contributed by atoms with E-state index >= 15 is 0 Å². The van der Waals surface area contributed by atoms with Crippen molar-refractivity contribution in [3.63, 3.8) is 0 Å². The molecule has 0 fully saturated rings. The van der Waals surface area contributed by atoms with E-state index in [1.54, 1.807) is 0 Å². The van der Waals surface area contributed by atoms with Gasteiger partial charge < -0.3 is 18.9 Å². The van der Waals surface area contributed by atoms with Gasteiger partial charge in [-0.05, 0) is 265 Å². The quantitative estimate of drug-likeness (QED) is 0.134. The molecule has 2 aromatic heterocycles. The normalized spacial score (nSPS) is 15.7. The van der Waals surface area contributed by atoms with E-state index in [4.69, 9.17) is 0 Å². The summed E-state index contributed by atoms with van der Waals surface area (Å²) in [6.07, 6.45) is 2.24. The summed E-state index contributed by atoms with van der Waals surface area (Å²) in [7, 11) is 0. The average Bonchev–Trinajstić information content (AvgIpc) is 0.954. The Kier molecular flexibility index (Phi) is 16.0. The second-order valence-electron chi connectivity index (χ2n) is 39.7. The topological polar surface area (TPSA) is 16.3 Å². The van der Waals surface area contributed by atoms with Crippen molar-refractivity contribution in [3.05, 3.63) is 330 Å². The Morgan fingerprint density at radius 2 is 0.565 bits per heavy atom. The molecule has 4 nitrogen and oxygen atoms in total. The fraction of sp³-hybridized carbons (Fsp3) is 0.236. The zero-order valence-electron chi connectivity index (χ0n) is 70.0. The summed E-state index contributed by atoms with van der Waals surface area (Å²) in [5.41, 5.74) is 39.4. The molecule has 0 atom stereocenters. The molecule has 20 rings (SSSR count). The van der Waals surface area contributed by atoms with Gasteiger partial charge in [-0.1, -0.05) is 306 Å². The molecule has 566 valence electrons. The molecule has 4 heterocycles. The molecular weight excluding hydrogens is 1390 g/mol. The number of hydrogen-bond acceptors (Lipinski definition) is 2. The highest BCUT2D eigenvalue weighted by atomic mass is 15.2. The van der Waals surface area contributed by atoms with E-state index in [9.17, 15) is 0 Å². The lowest BCUT2D eigenvalue weighted by Crippen LogP contribution is -2.61. The molecular formula is C110H103BN4. The summed E-state index contributed by atoms with van der Waals surface area (Å²) in [5.74, 6) is 0. The Morgan fingerprint density at radius 1 is 0.243 bits per heavy atom. The zero-order chi connectivity index (χ0) is 79.5. The minimum atomic E-state index is -0.195. The van der Waals surface area contributed by atoms with Crippen molar-refractivity contribution in [3.8, 4) is 67.0 Å². The molecule has 2 aliphatic heterocycles. The third-order valence-corrected chi connectivity index (χ3v) is 26.7. The Balaban J connectivity index is 0.881. The van der Waals surface area contributed by atoms with Crippen LogP contribution in [0.25, 0.3) is 111 Å². The minimum absolute atomic E-state index is 0.0492. The van der Waals surface area contributed by atoms with Crippen LogP contribution in [0.2, 0.25) is 0 Å². The Bertz CT molecular complexity index is 6530. The third kappa shape index (κ3) is 11.7. The summed E-state index contributed by atoms with van der Waals surface area (Å²) in [4.78, 5) is 5.30. The first kappa shape index (κ1) is 72.3. The molecule has 0 saturated carbocycles. The highest BCUT2D eigenvalue weighted by Crippen LogP contribution is 2.55. The van der Waals surface area contributed by atoms with Gasteiger partial charge in [-0.3, -0.25) is 0 Å². The van der Waals surface area contributed by atoms with Crippen molar-refractivity contribution in [1.82, 2.24) is 9.13 Å². The van der Waals surface area contributed by atoms with Crippen LogP contribution in [0.3, 0.4) is 0 Å². The summed E-state index contributed by atoms with van der Waals surface area (Å²) >= 11 is 0. The molecule has 0 unspecified atom stereocenters. The van der Waals surface area contributed by atoms with Crippen molar-refractivity contribution >= 4 is 101 Å². The van der Waals surface area contributed by atoms with Crippen LogP contribution in [0.4, 0.5) is 34.1 Å². The standard InChI is InChI=1S/C110H103BN4/c1-104(2,3)78-30-24-29-72(55-78)77-37-49-93-99(60-77)112(81-42-31-70(32-43-81)75-35-47-89-91(58-75)109(14,15)66-107(89,10)11)101-64-84(115-97-53-40-79(105(4,5)6)61-87(97)88-62-80(106(7,8)9)41-54-98(88)115)65-102-103(101)111(93)94-50-46-83(63-100(94)113(102)82-44-33-71(34-45-82)76-36-48-90-92(59-76)110(16,17)67-108(90,12)13)114-95-51-38-73(68-25-20-18-21-26-68)56-85(95)86-57-74(39-52-96(86)114)69-27-22-19-23-28-69/h18-65H,66-67H2,1-17H3. The maximum Gasteiger partial charge on any atom is 0.252 e. The lowest BCUT2D eigenvalue weighted by molar-refractivity contribution is 0.402. The van der Waals surface area contributed by atoms with Gasteiger partial charge in [0.2, 0.25) is 0 Å². The maximum absolute atomic E-state index is 2.66. The smallest absolute Gasteiger partial charge is 0.252 e. The number of rotatable bonds is 9. The number of benzene rings is 14. The average molecular weight is 1490 g/mol. The van der Waals surface area contributed by atoms with Gasteiger partial charge in [-0.2, -0.15) is 0 Å². The van der Waals surface area contributed by atoms with Crippen LogP contribution in [0.5, 0.6) is 0 Å². The van der Waals surface area contributed by atoms with E-state index in [1.165, 1.54) is 149 Å². The summed E-state index contributed by atoms with van der Waals surface area (Å²) in [5, 5.41) is 4.95. The fourth-order valence-corrected chi connectivity index (χ4v) is 21.2. The molecule has 5 heteroatoms. The van der Waals surface area contributed by atoms with Gasteiger partial charge in [0, 0.05) is 61.4 Å². The van der Waals surface area contributed by atoms with E-state index in [0.717, 1.165) is 63.7 Å². The zero-order valence-corrected chi connectivity index (χ0v) is 70.0. The SMILES string of the molecule is CC(C)(C)c1cccc(-c2ccc3c(c2)N(c2ccc(-c4ccc5c(c4)C(C)(C)CC5(C)C)cc2)c2cc(-n4c5ccc(C(C)(C)C)cc5c5cc(C(C)(C)C)ccc54)cc4c2B3c2ccc(-n3c5ccc(-c6ccccc6)cc5c5cc(-c6ccccc6)ccc53)cc2N4c2ccc(-c3ccc4c(c3)C(C)(C)CC4(C)C)cc2)c1. The van der Waals surface area contributed by atoms with E-state index in [2.05, 4.69) is 428 Å². The predicted octanol–water partition coefficient (Wildman–Crippen LogP) is 28.1. The van der Waals surface area contributed by atoms with E-state index < -0.39 is 0 Å². The first-order valence-electron chi connectivity index (χ1n) is 41.8. The Morgan fingerprint density at radius 3 is 1.03 bits per heavy atom. The molecule has 0 amide bonds. The summed E-state index contributed by atoms with van der Waals surface area (Å²) < 4.78 is 5.15. The molecule has 0 spiro atoms. The largest absolute Gasteiger partial charge is 0.311 e. The predicted molar refractivity (Wildman–Crippen MR) is 494 cm³/mol. The Labute approximate surface area is 680 Å². The first-order valence-corrected chi connectivity index (χ1v) is 41.8. The lowest BCUT2D eigenvalue weighted by Gasteiger charge is -2.44. The highest BCUT2D eigenvalue weighted by molar-refractivity contribution is 7.00. The van der Waals surface area contributed by atoms with E-state index in [-0.39, 0.29) is 44.6 Å². The van der Waals surface area contributed by atoms with Crippen molar-refractivity contribution in [2.45, 2.75) is 168 Å². The lowest BCUT2D eigenvalue weighted by atomic mass is 9.33. The third-order valence-electron chi connectivity index (χ3n) is 26.7. The van der Waals surface area contributed by atoms with Crippen molar-refractivity contribution in [2.75, 3.05) is 9.80 Å². The van der Waals surface area contributed by atoms with Gasteiger partial charge in [0.15, 0.2) is 0 Å². The van der Waals surface area contributed by atoms with Crippen LogP contribution in [-0.2, 0) is 37.9 Å². The second-order valence-corrected chi connectivity index (χ2v) is 39.7. The summed E-state index contributed by atoms with van der Waals surface area (Å²) in [6.45, 7) is 40.3. The number of nitrogens with zero attached hydrogens (tertiary/aromatic N) is 4. The van der Waals surface area contributed by atoms with Gasteiger partial charge in [-0.25, -0.2) is 0 Å². The number of anilines is 6. The van der Waals surface area contributed by atoms with Crippen molar-refractivity contribution in [2.24, 2.45) is 0 Å². The van der Waals surface area contributed by atoms with Crippen LogP contribution in [0, 0.1) is 0 Å². The molecule has 0 N–H and O–H groups in total. The summed E-state index contributed by atoms with van der Waals surface area (Å²) in [6, 6.07) is 114. The number of aromatic nitrogens is 2. The molecule has 0 bridgehead atoms. The van der Waals surface area contributed by atoms with E-state index in [0.29, 0.717) is 0 Å². The van der Waals surface area contributed by atoms with Crippen LogP contribution in [0.15, 0.2) is 291 Å². The van der Waals surface area contributed by atoms with Gasteiger partial charge in [0.1, 0.15) is 0 Å².